The van der Waals surface area contributed by atoms with Gasteiger partial charge in [-0.05, 0) is 31.7 Å². The standard InChI is InChI=1S/C21H24N8O/c1-22-18-17-14(15-5-9-29-16(26-15)4-8-24-29)10-23-19(17)28-20(27-18)25-13-2-6-21(7-3-13)11-30-12-21/h4-5,8-10,13H,2-3,6-7,11-12H2,1H3,(H3,22,23,25,27,28). The molecule has 0 bridgehead atoms. The van der Waals surface area contributed by atoms with Gasteiger partial charge in [0.2, 0.25) is 5.95 Å². The van der Waals surface area contributed by atoms with Crippen LogP contribution in [0.5, 0.6) is 0 Å². The van der Waals surface area contributed by atoms with Crippen LogP contribution in [0.3, 0.4) is 0 Å². The molecular formula is C21H24N8O. The molecule has 1 aliphatic carbocycles. The summed E-state index contributed by atoms with van der Waals surface area (Å²) in [5.74, 6) is 1.44. The molecule has 5 heterocycles. The number of hydrogen-bond donors (Lipinski definition) is 3. The van der Waals surface area contributed by atoms with E-state index in [1.807, 2.05) is 31.6 Å². The molecule has 154 valence electrons. The maximum atomic E-state index is 5.44. The molecule has 9 nitrogen and oxygen atoms in total. The summed E-state index contributed by atoms with van der Waals surface area (Å²) in [4.78, 5) is 17.6. The van der Waals surface area contributed by atoms with E-state index in [0.717, 1.165) is 59.8 Å². The van der Waals surface area contributed by atoms with E-state index in [2.05, 4.69) is 20.7 Å². The highest BCUT2D eigenvalue weighted by atomic mass is 16.5. The third kappa shape index (κ3) is 2.80. The highest BCUT2D eigenvalue weighted by Gasteiger charge is 2.41. The Morgan fingerprint density at radius 1 is 1.17 bits per heavy atom. The molecule has 1 saturated carbocycles. The lowest BCUT2D eigenvalue weighted by Crippen LogP contribution is -2.47. The monoisotopic (exact) mass is 404 g/mol. The van der Waals surface area contributed by atoms with Gasteiger partial charge >= 0.3 is 0 Å². The van der Waals surface area contributed by atoms with Crippen molar-refractivity contribution in [3.63, 3.8) is 0 Å². The van der Waals surface area contributed by atoms with Crippen LogP contribution in [0.4, 0.5) is 11.8 Å². The number of nitrogens with zero attached hydrogens (tertiary/aromatic N) is 5. The zero-order chi connectivity index (χ0) is 20.1. The van der Waals surface area contributed by atoms with Gasteiger partial charge in [-0.1, -0.05) is 0 Å². The molecule has 2 fully saturated rings. The average molecular weight is 404 g/mol. The second-order valence-electron chi connectivity index (χ2n) is 8.43. The first-order chi connectivity index (χ1) is 14.7. The van der Waals surface area contributed by atoms with Crippen LogP contribution >= 0.6 is 0 Å². The van der Waals surface area contributed by atoms with Crippen LogP contribution in [0, 0.1) is 5.41 Å². The van der Waals surface area contributed by atoms with Crippen molar-refractivity contribution in [3.8, 4) is 11.3 Å². The predicted molar refractivity (Wildman–Crippen MR) is 115 cm³/mol. The summed E-state index contributed by atoms with van der Waals surface area (Å²) in [6, 6.07) is 4.25. The van der Waals surface area contributed by atoms with Crippen molar-refractivity contribution in [2.75, 3.05) is 30.9 Å². The first-order valence-corrected chi connectivity index (χ1v) is 10.4. The maximum absolute atomic E-state index is 5.44. The number of rotatable bonds is 4. The fourth-order valence-electron chi connectivity index (χ4n) is 4.68. The molecule has 4 aromatic rings. The van der Waals surface area contributed by atoms with E-state index in [-0.39, 0.29) is 0 Å². The molecule has 1 aliphatic heterocycles. The minimum Gasteiger partial charge on any atom is -0.380 e. The Bertz CT molecular complexity index is 1210. The van der Waals surface area contributed by atoms with Gasteiger partial charge in [0.15, 0.2) is 5.65 Å². The molecule has 6 rings (SSSR count). The van der Waals surface area contributed by atoms with Crippen molar-refractivity contribution < 1.29 is 4.74 Å². The molecule has 9 heteroatoms. The minimum absolute atomic E-state index is 0.402. The van der Waals surface area contributed by atoms with Gasteiger partial charge in [0, 0.05) is 42.5 Å². The normalized spacial score (nSPS) is 18.7. The number of anilines is 2. The third-order valence-electron chi connectivity index (χ3n) is 6.50. The SMILES string of the molecule is CNc1nc(NC2CCC3(CC2)COC3)nc2[nH]cc(-c3ccn4nccc4n3)c12. The Labute approximate surface area is 173 Å². The summed E-state index contributed by atoms with van der Waals surface area (Å²) >= 11 is 0. The number of aromatic amines is 1. The van der Waals surface area contributed by atoms with Crippen molar-refractivity contribution in [1.82, 2.24) is 29.5 Å². The van der Waals surface area contributed by atoms with Crippen LogP contribution in [-0.2, 0) is 4.74 Å². The quantitative estimate of drug-likeness (QED) is 0.480. The van der Waals surface area contributed by atoms with E-state index in [9.17, 15) is 0 Å². The van der Waals surface area contributed by atoms with Crippen LogP contribution in [0.25, 0.3) is 27.9 Å². The first kappa shape index (κ1) is 17.6. The van der Waals surface area contributed by atoms with Gasteiger partial charge in [-0.25, -0.2) is 9.50 Å². The van der Waals surface area contributed by atoms with E-state index in [1.165, 1.54) is 12.8 Å². The number of nitrogens with one attached hydrogen (secondary N) is 3. The van der Waals surface area contributed by atoms with Gasteiger partial charge < -0.3 is 20.4 Å². The van der Waals surface area contributed by atoms with Gasteiger partial charge in [0.05, 0.1) is 30.5 Å². The summed E-state index contributed by atoms with van der Waals surface area (Å²) < 4.78 is 7.19. The smallest absolute Gasteiger partial charge is 0.226 e. The lowest BCUT2D eigenvalue weighted by molar-refractivity contribution is -0.131. The lowest BCUT2D eigenvalue weighted by Gasteiger charge is -2.46. The minimum atomic E-state index is 0.402. The Hall–Kier alpha value is -3.20. The second kappa shape index (κ2) is 6.66. The molecule has 1 saturated heterocycles. The first-order valence-electron chi connectivity index (χ1n) is 10.4. The molecule has 0 unspecified atom stereocenters. The third-order valence-corrected chi connectivity index (χ3v) is 6.50. The number of fused-ring (bicyclic) bond motifs is 2. The number of ether oxygens (including phenoxy) is 1. The number of aromatic nitrogens is 6. The van der Waals surface area contributed by atoms with Crippen molar-refractivity contribution >= 4 is 28.4 Å². The molecule has 0 amide bonds. The van der Waals surface area contributed by atoms with E-state index in [1.54, 1.807) is 10.7 Å². The van der Waals surface area contributed by atoms with Crippen LogP contribution < -0.4 is 10.6 Å². The molecule has 2 aliphatic rings. The largest absolute Gasteiger partial charge is 0.380 e. The van der Waals surface area contributed by atoms with Crippen LogP contribution in [0.15, 0.2) is 30.7 Å². The Kier molecular flexibility index (Phi) is 3.92. The van der Waals surface area contributed by atoms with Crippen LogP contribution in [-0.4, -0.2) is 55.9 Å². The molecule has 4 aromatic heterocycles. The number of H-pyrrole nitrogens is 1. The van der Waals surface area contributed by atoms with Gasteiger partial charge in [0.25, 0.3) is 0 Å². The zero-order valence-corrected chi connectivity index (χ0v) is 16.9. The fraction of sp³-hybridized carbons (Fsp3) is 0.429. The topological polar surface area (TPSA) is 105 Å². The summed E-state index contributed by atoms with van der Waals surface area (Å²) in [5, 5.41) is 11.9. The van der Waals surface area contributed by atoms with E-state index in [4.69, 9.17) is 19.7 Å². The molecule has 1 spiro atoms. The highest BCUT2D eigenvalue weighted by molar-refractivity contribution is 6.00. The van der Waals surface area contributed by atoms with E-state index >= 15 is 0 Å². The van der Waals surface area contributed by atoms with Gasteiger partial charge in [0.1, 0.15) is 11.5 Å². The molecule has 30 heavy (non-hydrogen) atoms. The molecule has 3 N–H and O–H groups in total. The molecular weight excluding hydrogens is 380 g/mol. The Morgan fingerprint density at radius 3 is 2.80 bits per heavy atom. The van der Waals surface area contributed by atoms with Crippen molar-refractivity contribution in [3.05, 3.63) is 30.7 Å². The summed E-state index contributed by atoms with van der Waals surface area (Å²) in [6.45, 7) is 1.85. The predicted octanol–water partition coefficient (Wildman–Crippen LogP) is 3.08. The van der Waals surface area contributed by atoms with Crippen molar-refractivity contribution in [2.24, 2.45) is 5.41 Å². The maximum Gasteiger partial charge on any atom is 0.226 e. The second-order valence-corrected chi connectivity index (χ2v) is 8.43. The van der Waals surface area contributed by atoms with Crippen molar-refractivity contribution in [2.45, 2.75) is 31.7 Å². The molecule has 0 atom stereocenters. The average Bonchev–Trinajstić information content (AvgIpc) is 3.39. The Morgan fingerprint density at radius 2 is 2.03 bits per heavy atom. The van der Waals surface area contributed by atoms with Crippen LogP contribution in [0.1, 0.15) is 25.7 Å². The summed E-state index contributed by atoms with van der Waals surface area (Å²) in [6.07, 6.45) is 10.3. The summed E-state index contributed by atoms with van der Waals surface area (Å²) in [5.41, 5.74) is 3.86. The van der Waals surface area contributed by atoms with Gasteiger partial charge in [-0.3, -0.25) is 0 Å². The van der Waals surface area contributed by atoms with E-state index in [0.29, 0.717) is 17.4 Å². The van der Waals surface area contributed by atoms with E-state index < -0.39 is 0 Å². The Balaban J connectivity index is 1.31. The summed E-state index contributed by atoms with van der Waals surface area (Å²) in [7, 11) is 1.89. The highest BCUT2D eigenvalue weighted by Crippen LogP contribution is 2.42. The fourth-order valence-corrected chi connectivity index (χ4v) is 4.68. The zero-order valence-electron chi connectivity index (χ0n) is 16.9. The number of hydrogen-bond acceptors (Lipinski definition) is 7. The van der Waals surface area contributed by atoms with Gasteiger partial charge in [-0.15, -0.1) is 0 Å². The van der Waals surface area contributed by atoms with Crippen molar-refractivity contribution in [1.29, 1.82) is 0 Å². The lowest BCUT2D eigenvalue weighted by atomic mass is 9.71. The van der Waals surface area contributed by atoms with Crippen LogP contribution in [0.2, 0.25) is 0 Å². The van der Waals surface area contributed by atoms with Gasteiger partial charge in [-0.2, -0.15) is 15.1 Å². The molecule has 0 aromatic carbocycles. The molecule has 0 radical (unpaired) electrons.